The molecule has 1 aromatic rings. The van der Waals surface area contributed by atoms with E-state index in [1.54, 1.807) is 0 Å². The van der Waals surface area contributed by atoms with E-state index in [2.05, 4.69) is 10.6 Å². The maximum Gasteiger partial charge on any atom is 0.251 e. The zero-order chi connectivity index (χ0) is 17.5. The van der Waals surface area contributed by atoms with Crippen LogP contribution >= 0.6 is 12.4 Å². The highest BCUT2D eigenvalue weighted by atomic mass is 35.5. The lowest BCUT2D eigenvalue weighted by molar-refractivity contribution is -0.123. The van der Waals surface area contributed by atoms with Gasteiger partial charge in [-0.05, 0) is 43.5 Å². The first kappa shape index (κ1) is 22.3. The molecule has 1 unspecified atom stereocenters. The minimum absolute atomic E-state index is 0. The second kappa shape index (κ2) is 10.3. The minimum Gasteiger partial charge on any atom is -0.352 e. The molecule has 0 heterocycles. The summed E-state index contributed by atoms with van der Waals surface area (Å²) in [4.78, 5) is 23.8. The van der Waals surface area contributed by atoms with E-state index in [1.165, 1.54) is 24.3 Å². The van der Waals surface area contributed by atoms with Gasteiger partial charge in [-0.1, -0.05) is 13.8 Å². The number of rotatable bonds is 8. The number of nitrogens with one attached hydrogen (secondary N) is 2. The molecule has 0 aromatic heterocycles. The fourth-order valence-electron chi connectivity index (χ4n) is 1.97. The van der Waals surface area contributed by atoms with Crippen LogP contribution in [0.5, 0.6) is 0 Å². The van der Waals surface area contributed by atoms with Gasteiger partial charge in [0.25, 0.3) is 5.91 Å². The van der Waals surface area contributed by atoms with Crippen molar-refractivity contribution in [3.63, 3.8) is 0 Å². The van der Waals surface area contributed by atoms with Crippen molar-refractivity contribution < 1.29 is 14.0 Å². The largest absolute Gasteiger partial charge is 0.352 e. The Kier molecular flexibility index (Phi) is 9.55. The van der Waals surface area contributed by atoms with Crippen molar-refractivity contribution in [1.29, 1.82) is 0 Å². The van der Waals surface area contributed by atoms with E-state index in [9.17, 15) is 14.0 Å². The highest BCUT2D eigenvalue weighted by molar-refractivity contribution is 5.94. The Hall–Kier alpha value is -1.66. The molecule has 1 aromatic carbocycles. The SMILES string of the molecule is CC(C)C(C)(CN)NC(=O)CCCNC(=O)c1ccc(F)cc1.Cl. The van der Waals surface area contributed by atoms with Crippen molar-refractivity contribution >= 4 is 24.2 Å². The van der Waals surface area contributed by atoms with Crippen LogP contribution in [-0.2, 0) is 4.79 Å². The Labute approximate surface area is 149 Å². The first-order valence-corrected chi connectivity index (χ1v) is 7.83. The van der Waals surface area contributed by atoms with Gasteiger partial charge >= 0.3 is 0 Å². The van der Waals surface area contributed by atoms with Crippen LogP contribution in [0.3, 0.4) is 0 Å². The average Bonchev–Trinajstić information content (AvgIpc) is 2.51. The number of amides is 2. The Morgan fingerprint density at radius 1 is 1.25 bits per heavy atom. The number of hydrogen-bond acceptors (Lipinski definition) is 3. The molecule has 0 saturated carbocycles. The topological polar surface area (TPSA) is 84.2 Å². The highest BCUT2D eigenvalue weighted by Crippen LogP contribution is 2.14. The van der Waals surface area contributed by atoms with Gasteiger partial charge in [-0.3, -0.25) is 9.59 Å². The number of halogens is 2. The van der Waals surface area contributed by atoms with Crippen LogP contribution in [0.15, 0.2) is 24.3 Å². The summed E-state index contributed by atoms with van der Waals surface area (Å²) in [7, 11) is 0. The third-order valence-corrected chi connectivity index (χ3v) is 4.10. The lowest BCUT2D eigenvalue weighted by atomic mass is 9.88. The Morgan fingerprint density at radius 3 is 2.33 bits per heavy atom. The van der Waals surface area contributed by atoms with E-state index in [4.69, 9.17) is 5.73 Å². The average molecular weight is 360 g/mol. The van der Waals surface area contributed by atoms with Gasteiger partial charge in [-0.15, -0.1) is 12.4 Å². The summed E-state index contributed by atoms with van der Waals surface area (Å²) in [5.41, 5.74) is 5.70. The van der Waals surface area contributed by atoms with Gasteiger partial charge in [-0.2, -0.15) is 0 Å². The summed E-state index contributed by atoms with van der Waals surface area (Å²) >= 11 is 0. The zero-order valence-electron chi connectivity index (χ0n) is 14.4. The number of benzene rings is 1. The lowest BCUT2D eigenvalue weighted by Gasteiger charge is -2.33. The van der Waals surface area contributed by atoms with Crippen LogP contribution < -0.4 is 16.4 Å². The first-order valence-electron chi connectivity index (χ1n) is 7.83. The van der Waals surface area contributed by atoms with Crippen molar-refractivity contribution in [2.45, 2.75) is 39.2 Å². The van der Waals surface area contributed by atoms with Gasteiger partial charge in [0.15, 0.2) is 0 Å². The Balaban J connectivity index is 0.00000529. The molecule has 7 heteroatoms. The van der Waals surface area contributed by atoms with Gasteiger partial charge < -0.3 is 16.4 Å². The fraction of sp³-hybridized carbons (Fsp3) is 0.529. The predicted octanol–water partition coefficient (Wildman–Crippen LogP) is 2.25. The normalized spacial score (nSPS) is 12.9. The predicted molar refractivity (Wildman–Crippen MR) is 95.7 cm³/mol. The molecule has 1 rings (SSSR count). The van der Waals surface area contributed by atoms with E-state index < -0.39 is 5.54 Å². The van der Waals surface area contributed by atoms with Gasteiger partial charge in [0.2, 0.25) is 5.91 Å². The van der Waals surface area contributed by atoms with Gasteiger partial charge in [0, 0.05) is 25.1 Å². The van der Waals surface area contributed by atoms with E-state index in [0.29, 0.717) is 31.5 Å². The monoisotopic (exact) mass is 359 g/mol. The van der Waals surface area contributed by atoms with Gasteiger partial charge in [0.1, 0.15) is 5.82 Å². The summed E-state index contributed by atoms with van der Waals surface area (Å²) in [5.74, 6) is -0.511. The van der Waals surface area contributed by atoms with Crippen LogP contribution in [0.25, 0.3) is 0 Å². The summed E-state index contributed by atoms with van der Waals surface area (Å²) < 4.78 is 12.8. The molecule has 0 radical (unpaired) electrons. The highest BCUT2D eigenvalue weighted by Gasteiger charge is 2.28. The molecule has 1 atom stereocenters. The van der Waals surface area contributed by atoms with Crippen LogP contribution in [0, 0.1) is 11.7 Å². The van der Waals surface area contributed by atoms with E-state index in [0.717, 1.165) is 0 Å². The van der Waals surface area contributed by atoms with Crippen molar-refractivity contribution in [2.24, 2.45) is 11.7 Å². The smallest absolute Gasteiger partial charge is 0.251 e. The summed E-state index contributed by atoms with van der Waals surface area (Å²) in [6.45, 7) is 6.69. The molecule has 0 saturated heterocycles. The molecular formula is C17H27ClFN3O2. The summed E-state index contributed by atoms with van der Waals surface area (Å²) in [6, 6.07) is 5.32. The molecule has 2 amide bonds. The number of carbonyl (C=O) groups is 2. The molecule has 0 bridgehead atoms. The minimum atomic E-state index is -0.422. The maximum absolute atomic E-state index is 12.8. The Bertz CT molecular complexity index is 537. The molecule has 0 spiro atoms. The number of nitrogens with two attached hydrogens (primary N) is 1. The lowest BCUT2D eigenvalue weighted by Crippen LogP contribution is -2.55. The summed E-state index contributed by atoms with van der Waals surface area (Å²) in [5, 5.41) is 5.66. The van der Waals surface area contributed by atoms with Crippen molar-refractivity contribution in [1.82, 2.24) is 10.6 Å². The number of hydrogen-bond donors (Lipinski definition) is 3. The van der Waals surface area contributed by atoms with Crippen LogP contribution in [0.2, 0.25) is 0 Å². The van der Waals surface area contributed by atoms with Crippen molar-refractivity contribution in [3.8, 4) is 0 Å². The zero-order valence-corrected chi connectivity index (χ0v) is 15.2. The van der Waals surface area contributed by atoms with Gasteiger partial charge in [-0.25, -0.2) is 4.39 Å². The van der Waals surface area contributed by atoms with E-state index in [1.807, 2.05) is 20.8 Å². The van der Waals surface area contributed by atoms with Gasteiger partial charge in [0.05, 0.1) is 5.54 Å². The van der Waals surface area contributed by atoms with Crippen LogP contribution in [0.4, 0.5) is 4.39 Å². The molecule has 4 N–H and O–H groups in total. The van der Waals surface area contributed by atoms with E-state index >= 15 is 0 Å². The molecule has 24 heavy (non-hydrogen) atoms. The third-order valence-electron chi connectivity index (χ3n) is 4.10. The molecule has 0 aliphatic rings. The standard InChI is InChI=1S/C17H26FN3O2.ClH/c1-12(2)17(3,11-19)21-15(22)5-4-10-20-16(23)13-6-8-14(18)9-7-13;/h6-9,12H,4-5,10-11,19H2,1-3H3,(H,20,23)(H,21,22);1H. The van der Waals surface area contributed by atoms with Crippen LogP contribution in [0.1, 0.15) is 44.0 Å². The fourth-order valence-corrected chi connectivity index (χ4v) is 1.97. The van der Waals surface area contributed by atoms with Crippen LogP contribution in [-0.4, -0.2) is 30.4 Å². The first-order chi connectivity index (χ1) is 10.8. The molecule has 0 aliphatic carbocycles. The molecule has 0 fully saturated rings. The molecule has 0 aliphatic heterocycles. The molecule has 136 valence electrons. The molecular weight excluding hydrogens is 333 g/mol. The second-order valence-corrected chi connectivity index (χ2v) is 6.19. The van der Waals surface area contributed by atoms with Crippen molar-refractivity contribution in [3.05, 3.63) is 35.6 Å². The maximum atomic E-state index is 12.8. The third kappa shape index (κ3) is 6.84. The van der Waals surface area contributed by atoms with Crippen molar-refractivity contribution in [2.75, 3.05) is 13.1 Å². The quantitative estimate of drug-likeness (QED) is 0.622. The second-order valence-electron chi connectivity index (χ2n) is 6.19. The molecule has 5 nitrogen and oxygen atoms in total. The Morgan fingerprint density at radius 2 is 1.83 bits per heavy atom. The number of carbonyl (C=O) groups excluding carboxylic acids is 2. The van der Waals surface area contributed by atoms with E-state index in [-0.39, 0.29) is 36.0 Å². The summed E-state index contributed by atoms with van der Waals surface area (Å²) in [6.07, 6.45) is 0.837.